The SMILES string of the molecule is COc1ccc(-c2cnc3[nH]cc(-c4ccccc4OC)c3c2)cc1C(=O)N(C)C. The maximum atomic E-state index is 12.6. The highest BCUT2D eigenvalue weighted by Gasteiger charge is 2.17. The minimum absolute atomic E-state index is 0.112. The number of nitrogens with one attached hydrogen (secondary N) is 1. The van der Waals surface area contributed by atoms with E-state index in [0.29, 0.717) is 11.3 Å². The number of nitrogens with zero attached hydrogens (tertiary/aromatic N) is 2. The fraction of sp³-hybridized carbons (Fsp3) is 0.167. The third-order valence-corrected chi connectivity index (χ3v) is 5.10. The summed E-state index contributed by atoms with van der Waals surface area (Å²) in [6.07, 6.45) is 3.74. The lowest BCUT2D eigenvalue weighted by atomic mass is 10.00. The highest BCUT2D eigenvalue weighted by Crippen LogP contribution is 2.36. The molecule has 30 heavy (non-hydrogen) atoms. The maximum absolute atomic E-state index is 12.6. The lowest BCUT2D eigenvalue weighted by Gasteiger charge is -2.15. The fourth-order valence-electron chi connectivity index (χ4n) is 3.55. The summed E-state index contributed by atoms with van der Waals surface area (Å²) in [6.45, 7) is 0. The molecular formula is C24H23N3O3. The van der Waals surface area contributed by atoms with Gasteiger partial charge in [-0.1, -0.05) is 24.3 Å². The highest BCUT2D eigenvalue weighted by molar-refractivity contribution is 5.99. The topological polar surface area (TPSA) is 67.5 Å². The van der Waals surface area contributed by atoms with Crippen molar-refractivity contribution in [2.45, 2.75) is 0 Å². The predicted molar refractivity (Wildman–Crippen MR) is 118 cm³/mol. The van der Waals surface area contributed by atoms with Gasteiger partial charge in [-0.2, -0.15) is 0 Å². The van der Waals surface area contributed by atoms with Crippen LogP contribution in [-0.2, 0) is 0 Å². The number of carbonyl (C=O) groups excluding carboxylic acids is 1. The average Bonchev–Trinajstić information content (AvgIpc) is 3.21. The highest BCUT2D eigenvalue weighted by atomic mass is 16.5. The van der Waals surface area contributed by atoms with Crippen LogP contribution in [0.4, 0.5) is 0 Å². The molecule has 0 bridgehead atoms. The Morgan fingerprint density at radius 1 is 0.933 bits per heavy atom. The van der Waals surface area contributed by atoms with Crippen molar-refractivity contribution in [1.29, 1.82) is 0 Å². The molecule has 0 aliphatic rings. The van der Waals surface area contributed by atoms with Gasteiger partial charge in [0.2, 0.25) is 0 Å². The normalized spacial score (nSPS) is 10.8. The van der Waals surface area contributed by atoms with Crippen LogP contribution in [0.25, 0.3) is 33.3 Å². The van der Waals surface area contributed by atoms with E-state index in [-0.39, 0.29) is 5.91 Å². The van der Waals surface area contributed by atoms with Crippen LogP contribution < -0.4 is 9.47 Å². The Labute approximate surface area is 175 Å². The van der Waals surface area contributed by atoms with Gasteiger partial charge < -0.3 is 19.4 Å². The molecule has 0 spiro atoms. The number of pyridine rings is 1. The molecule has 2 aromatic heterocycles. The van der Waals surface area contributed by atoms with Gasteiger partial charge in [0, 0.05) is 48.6 Å². The maximum Gasteiger partial charge on any atom is 0.257 e. The van der Waals surface area contributed by atoms with E-state index in [0.717, 1.165) is 39.0 Å². The number of H-pyrrole nitrogens is 1. The predicted octanol–water partition coefficient (Wildman–Crippen LogP) is 4.62. The molecule has 0 unspecified atom stereocenters. The van der Waals surface area contributed by atoms with Gasteiger partial charge in [0.05, 0.1) is 19.8 Å². The molecule has 0 aliphatic heterocycles. The van der Waals surface area contributed by atoms with Gasteiger partial charge in [-0.05, 0) is 29.8 Å². The van der Waals surface area contributed by atoms with Crippen LogP contribution in [0.15, 0.2) is 60.9 Å². The van der Waals surface area contributed by atoms with Crippen LogP contribution in [-0.4, -0.2) is 49.1 Å². The van der Waals surface area contributed by atoms with Gasteiger partial charge in [-0.25, -0.2) is 4.98 Å². The molecule has 6 heteroatoms. The van der Waals surface area contributed by atoms with Crippen molar-refractivity contribution < 1.29 is 14.3 Å². The second kappa shape index (κ2) is 7.91. The molecule has 0 fully saturated rings. The Morgan fingerprint density at radius 3 is 2.43 bits per heavy atom. The summed E-state index contributed by atoms with van der Waals surface area (Å²) in [5, 5.41) is 0.980. The summed E-state index contributed by atoms with van der Waals surface area (Å²) in [5.74, 6) is 1.23. The molecule has 0 atom stereocenters. The van der Waals surface area contributed by atoms with Crippen molar-refractivity contribution in [1.82, 2.24) is 14.9 Å². The molecule has 2 aromatic carbocycles. The largest absolute Gasteiger partial charge is 0.496 e. The molecule has 4 aromatic rings. The van der Waals surface area contributed by atoms with Crippen LogP contribution in [0.2, 0.25) is 0 Å². The van der Waals surface area contributed by atoms with Crippen molar-refractivity contribution >= 4 is 16.9 Å². The van der Waals surface area contributed by atoms with E-state index >= 15 is 0 Å². The van der Waals surface area contributed by atoms with Crippen molar-refractivity contribution in [2.75, 3.05) is 28.3 Å². The molecule has 2 heterocycles. The zero-order chi connectivity index (χ0) is 21.3. The Morgan fingerprint density at radius 2 is 1.70 bits per heavy atom. The number of para-hydroxylation sites is 1. The van der Waals surface area contributed by atoms with Crippen LogP contribution in [0, 0.1) is 0 Å². The molecule has 0 aliphatic carbocycles. The van der Waals surface area contributed by atoms with E-state index in [1.807, 2.05) is 48.7 Å². The molecule has 0 saturated heterocycles. The van der Waals surface area contributed by atoms with E-state index in [9.17, 15) is 4.79 Å². The third kappa shape index (κ3) is 3.37. The third-order valence-electron chi connectivity index (χ3n) is 5.10. The first-order valence-corrected chi connectivity index (χ1v) is 9.54. The molecule has 1 amide bonds. The van der Waals surface area contributed by atoms with Gasteiger partial charge in [-0.3, -0.25) is 4.79 Å². The Bertz CT molecular complexity index is 1230. The van der Waals surface area contributed by atoms with Gasteiger partial charge >= 0.3 is 0 Å². The Balaban J connectivity index is 1.85. The fourth-order valence-corrected chi connectivity index (χ4v) is 3.55. The number of hydrogen-bond donors (Lipinski definition) is 1. The summed E-state index contributed by atoms with van der Waals surface area (Å²) in [4.78, 5) is 22.0. The number of methoxy groups -OCH3 is 2. The Kier molecular flexibility index (Phi) is 5.14. The number of aromatic nitrogens is 2. The molecular weight excluding hydrogens is 378 g/mol. The summed E-state index contributed by atoms with van der Waals surface area (Å²) in [5.41, 5.74) is 5.10. The summed E-state index contributed by atoms with van der Waals surface area (Å²) >= 11 is 0. The number of ether oxygens (including phenoxy) is 2. The van der Waals surface area contributed by atoms with Crippen LogP contribution in [0.5, 0.6) is 11.5 Å². The van der Waals surface area contributed by atoms with Crippen LogP contribution in [0.1, 0.15) is 10.4 Å². The van der Waals surface area contributed by atoms with E-state index < -0.39 is 0 Å². The lowest BCUT2D eigenvalue weighted by Crippen LogP contribution is -2.22. The minimum Gasteiger partial charge on any atom is -0.496 e. The first-order valence-electron chi connectivity index (χ1n) is 9.54. The zero-order valence-corrected chi connectivity index (χ0v) is 17.4. The first kappa shape index (κ1) is 19.5. The van der Waals surface area contributed by atoms with Gasteiger partial charge in [-0.15, -0.1) is 0 Å². The van der Waals surface area contributed by atoms with Crippen LogP contribution >= 0.6 is 0 Å². The molecule has 152 valence electrons. The quantitative estimate of drug-likeness (QED) is 0.530. The van der Waals surface area contributed by atoms with E-state index in [1.54, 1.807) is 34.5 Å². The van der Waals surface area contributed by atoms with Crippen molar-refractivity contribution in [3.8, 4) is 33.8 Å². The number of rotatable bonds is 5. The number of amides is 1. The second-order valence-electron chi connectivity index (χ2n) is 7.14. The number of hydrogen-bond acceptors (Lipinski definition) is 4. The zero-order valence-electron chi connectivity index (χ0n) is 17.4. The molecule has 0 saturated carbocycles. The molecule has 4 rings (SSSR count). The molecule has 6 nitrogen and oxygen atoms in total. The number of fused-ring (bicyclic) bond motifs is 1. The lowest BCUT2D eigenvalue weighted by molar-refractivity contribution is 0.0824. The van der Waals surface area contributed by atoms with Gasteiger partial charge in [0.25, 0.3) is 5.91 Å². The van der Waals surface area contributed by atoms with Gasteiger partial charge in [0.15, 0.2) is 0 Å². The average molecular weight is 401 g/mol. The summed E-state index contributed by atoms with van der Waals surface area (Å²) < 4.78 is 10.9. The molecule has 1 N–H and O–H groups in total. The summed E-state index contributed by atoms with van der Waals surface area (Å²) in [7, 11) is 6.68. The van der Waals surface area contributed by atoms with Gasteiger partial charge in [0.1, 0.15) is 17.1 Å². The van der Waals surface area contributed by atoms with Crippen molar-refractivity contribution in [2.24, 2.45) is 0 Å². The summed E-state index contributed by atoms with van der Waals surface area (Å²) in [6, 6.07) is 15.6. The standard InChI is InChI=1S/C24H23N3O3/c1-27(2)24(28)19-11-15(9-10-22(19)30-4)16-12-18-20(14-26-23(18)25-13-16)17-7-5-6-8-21(17)29-3/h5-14H,1-4H3,(H,25,26). The van der Waals surface area contributed by atoms with E-state index in [4.69, 9.17) is 9.47 Å². The first-order chi connectivity index (χ1) is 14.5. The minimum atomic E-state index is -0.112. The van der Waals surface area contributed by atoms with E-state index in [1.165, 1.54) is 4.90 Å². The van der Waals surface area contributed by atoms with Crippen LogP contribution in [0.3, 0.4) is 0 Å². The second-order valence-corrected chi connectivity index (χ2v) is 7.14. The number of carbonyl (C=O) groups is 1. The number of aromatic amines is 1. The Hall–Kier alpha value is -3.80. The number of benzene rings is 2. The molecule has 0 radical (unpaired) electrons. The van der Waals surface area contributed by atoms with Crippen molar-refractivity contribution in [3.05, 3.63) is 66.5 Å². The van der Waals surface area contributed by atoms with E-state index in [2.05, 4.69) is 16.0 Å². The monoisotopic (exact) mass is 401 g/mol. The van der Waals surface area contributed by atoms with Crippen molar-refractivity contribution in [3.63, 3.8) is 0 Å². The smallest absolute Gasteiger partial charge is 0.257 e.